The van der Waals surface area contributed by atoms with Crippen LogP contribution in [-0.4, -0.2) is 62.8 Å². The molecule has 0 N–H and O–H groups in total. The van der Waals surface area contributed by atoms with Crippen LogP contribution in [0.3, 0.4) is 0 Å². The summed E-state index contributed by atoms with van der Waals surface area (Å²) < 4.78 is 16.6. The number of hydrogen-bond acceptors (Lipinski definition) is 7. The number of allylic oxidation sites excluding steroid dienone is 2. The fraction of sp³-hybridized carbons (Fsp3) is 0.829. The molecule has 0 aromatic heterocycles. The second-order valence-electron chi connectivity index (χ2n) is 13.6. The van der Waals surface area contributed by atoms with Crippen molar-refractivity contribution in [3.63, 3.8) is 0 Å². The molecular weight excluding hydrogens is 602 g/mol. The Labute approximate surface area is 296 Å². The number of carbonyl (C=O) groups is 3. The van der Waals surface area contributed by atoms with E-state index in [1.165, 1.54) is 77.0 Å². The molecule has 0 atom stereocenters. The van der Waals surface area contributed by atoms with Gasteiger partial charge in [-0.15, -0.1) is 0 Å². The first-order valence-corrected chi connectivity index (χ1v) is 19.8. The van der Waals surface area contributed by atoms with E-state index in [2.05, 4.69) is 30.9 Å². The van der Waals surface area contributed by atoms with E-state index in [9.17, 15) is 14.4 Å². The number of ether oxygens (including phenoxy) is 3. The summed E-state index contributed by atoms with van der Waals surface area (Å²) in [7, 11) is 4.00. The third-order valence-corrected chi connectivity index (χ3v) is 8.56. The second kappa shape index (κ2) is 36.1. The smallest absolute Gasteiger partial charge is 0.306 e. The molecule has 48 heavy (non-hydrogen) atoms. The molecule has 0 aromatic rings. The van der Waals surface area contributed by atoms with Crippen LogP contribution in [0.2, 0.25) is 0 Å². The molecule has 0 saturated heterocycles. The minimum Gasteiger partial charge on any atom is -0.462 e. The van der Waals surface area contributed by atoms with E-state index in [0.29, 0.717) is 32.5 Å². The molecule has 0 fully saturated rings. The highest BCUT2D eigenvalue weighted by atomic mass is 16.5. The number of carbonyl (C=O) groups excluding carboxylic acids is 3. The van der Waals surface area contributed by atoms with Gasteiger partial charge in [0.1, 0.15) is 19.3 Å². The molecule has 0 heterocycles. The van der Waals surface area contributed by atoms with Gasteiger partial charge in [0.2, 0.25) is 0 Å². The molecule has 7 heteroatoms. The Bertz CT molecular complexity index is 757. The van der Waals surface area contributed by atoms with Crippen LogP contribution in [0.1, 0.15) is 181 Å². The van der Waals surface area contributed by atoms with E-state index in [1.807, 2.05) is 26.2 Å². The SMILES string of the molecule is CCCCCCCCC=CCOC(=O)CCCCCC(CCCCCC(=O)OCC=CCCCCCCCC)OC(=O)CCCN(C)C. The first-order valence-electron chi connectivity index (χ1n) is 19.8. The fourth-order valence-corrected chi connectivity index (χ4v) is 5.57. The van der Waals surface area contributed by atoms with Crippen LogP contribution in [-0.2, 0) is 28.6 Å². The first kappa shape index (κ1) is 45.9. The summed E-state index contributed by atoms with van der Waals surface area (Å²) in [4.78, 5) is 38.8. The molecule has 0 radical (unpaired) electrons. The molecule has 0 amide bonds. The van der Waals surface area contributed by atoms with Crippen LogP contribution in [0.4, 0.5) is 0 Å². The molecule has 0 bridgehead atoms. The van der Waals surface area contributed by atoms with E-state index < -0.39 is 0 Å². The lowest BCUT2D eigenvalue weighted by Gasteiger charge is -2.18. The third kappa shape index (κ3) is 35.2. The van der Waals surface area contributed by atoms with Crippen LogP contribution < -0.4 is 0 Å². The van der Waals surface area contributed by atoms with Crippen LogP contribution in [0.5, 0.6) is 0 Å². The summed E-state index contributed by atoms with van der Waals surface area (Å²) in [5.41, 5.74) is 0. The standard InChI is InChI=1S/C41H75NO6/c1-5-7-9-11-13-15-17-19-27-36-46-39(43)32-25-21-23-30-38(48-41(45)34-29-35-42(3)4)31-24-22-26-33-40(44)47-37-28-20-18-16-14-12-10-8-6-2/h19-20,27-28,38H,5-18,21-26,29-37H2,1-4H3. The van der Waals surface area contributed by atoms with E-state index in [0.717, 1.165) is 77.2 Å². The minimum absolute atomic E-state index is 0.121. The Balaban J connectivity index is 4.17. The van der Waals surface area contributed by atoms with Crippen molar-refractivity contribution >= 4 is 17.9 Å². The van der Waals surface area contributed by atoms with Crippen molar-refractivity contribution in [2.45, 2.75) is 187 Å². The Kier molecular flexibility index (Phi) is 34.5. The van der Waals surface area contributed by atoms with Gasteiger partial charge in [-0.05, 0) is 91.3 Å². The number of unbranched alkanes of at least 4 members (excludes halogenated alkanes) is 16. The van der Waals surface area contributed by atoms with Crippen molar-refractivity contribution in [3.8, 4) is 0 Å². The van der Waals surface area contributed by atoms with E-state index in [1.54, 1.807) is 0 Å². The third-order valence-electron chi connectivity index (χ3n) is 8.56. The van der Waals surface area contributed by atoms with Gasteiger partial charge < -0.3 is 19.1 Å². The van der Waals surface area contributed by atoms with Crippen molar-refractivity contribution in [2.24, 2.45) is 0 Å². The summed E-state index contributed by atoms with van der Waals surface area (Å²) in [5, 5.41) is 0. The van der Waals surface area contributed by atoms with Crippen molar-refractivity contribution < 1.29 is 28.6 Å². The van der Waals surface area contributed by atoms with Gasteiger partial charge in [-0.2, -0.15) is 0 Å². The van der Waals surface area contributed by atoms with Crippen LogP contribution in [0.25, 0.3) is 0 Å². The molecule has 0 rings (SSSR count). The van der Waals surface area contributed by atoms with E-state index in [4.69, 9.17) is 14.2 Å². The molecule has 7 nitrogen and oxygen atoms in total. The van der Waals surface area contributed by atoms with Crippen LogP contribution in [0, 0.1) is 0 Å². The predicted octanol–water partition coefficient (Wildman–Crippen LogP) is 10.8. The normalized spacial score (nSPS) is 12.3. The van der Waals surface area contributed by atoms with Gasteiger partial charge in [-0.3, -0.25) is 14.4 Å². The Morgan fingerprint density at radius 1 is 0.500 bits per heavy atom. The molecule has 0 aliphatic carbocycles. The average Bonchev–Trinajstić information content (AvgIpc) is 3.05. The first-order chi connectivity index (χ1) is 23.4. The number of hydrogen-bond donors (Lipinski definition) is 0. The highest BCUT2D eigenvalue weighted by Gasteiger charge is 2.15. The minimum atomic E-state index is -0.147. The second-order valence-corrected chi connectivity index (χ2v) is 13.6. The maximum absolute atomic E-state index is 12.5. The zero-order chi connectivity index (χ0) is 35.3. The number of esters is 3. The Morgan fingerprint density at radius 2 is 0.917 bits per heavy atom. The average molecular weight is 678 g/mol. The molecule has 0 aliphatic heterocycles. The quantitative estimate of drug-likeness (QED) is 0.0286. The molecular formula is C41H75NO6. The molecule has 0 saturated carbocycles. The summed E-state index contributed by atoms with van der Waals surface area (Å²) in [5.74, 6) is -0.431. The number of rotatable bonds is 35. The summed E-state index contributed by atoms with van der Waals surface area (Å²) in [6.07, 6.45) is 34.4. The highest BCUT2D eigenvalue weighted by molar-refractivity contribution is 5.70. The summed E-state index contributed by atoms with van der Waals surface area (Å²) in [6, 6.07) is 0. The maximum Gasteiger partial charge on any atom is 0.306 e. The summed E-state index contributed by atoms with van der Waals surface area (Å²) in [6.45, 7) is 6.04. The summed E-state index contributed by atoms with van der Waals surface area (Å²) >= 11 is 0. The highest BCUT2D eigenvalue weighted by Crippen LogP contribution is 2.17. The zero-order valence-corrected chi connectivity index (χ0v) is 31.8. The largest absolute Gasteiger partial charge is 0.462 e. The predicted molar refractivity (Wildman–Crippen MR) is 200 cm³/mol. The van der Waals surface area contributed by atoms with Crippen molar-refractivity contribution in [1.29, 1.82) is 0 Å². The van der Waals surface area contributed by atoms with Crippen molar-refractivity contribution in [2.75, 3.05) is 33.9 Å². The number of nitrogens with zero attached hydrogens (tertiary/aromatic N) is 1. The maximum atomic E-state index is 12.5. The van der Waals surface area contributed by atoms with E-state index >= 15 is 0 Å². The van der Waals surface area contributed by atoms with Gasteiger partial charge in [-0.1, -0.05) is 115 Å². The van der Waals surface area contributed by atoms with Crippen LogP contribution >= 0.6 is 0 Å². The Morgan fingerprint density at radius 3 is 1.38 bits per heavy atom. The fourth-order valence-electron chi connectivity index (χ4n) is 5.57. The van der Waals surface area contributed by atoms with Crippen molar-refractivity contribution in [3.05, 3.63) is 24.3 Å². The molecule has 0 spiro atoms. The van der Waals surface area contributed by atoms with Gasteiger partial charge in [0.25, 0.3) is 0 Å². The Hall–Kier alpha value is -2.15. The van der Waals surface area contributed by atoms with Crippen molar-refractivity contribution in [1.82, 2.24) is 4.90 Å². The van der Waals surface area contributed by atoms with Crippen LogP contribution in [0.15, 0.2) is 24.3 Å². The van der Waals surface area contributed by atoms with E-state index in [-0.39, 0.29) is 24.0 Å². The monoisotopic (exact) mass is 678 g/mol. The van der Waals surface area contributed by atoms with Gasteiger partial charge in [0, 0.05) is 19.3 Å². The lowest BCUT2D eigenvalue weighted by atomic mass is 10.0. The lowest BCUT2D eigenvalue weighted by Crippen LogP contribution is -2.20. The zero-order valence-electron chi connectivity index (χ0n) is 31.8. The van der Waals surface area contributed by atoms with Gasteiger partial charge >= 0.3 is 17.9 Å². The molecule has 280 valence electrons. The molecule has 0 unspecified atom stereocenters. The lowest BCUT2D eigenvalue weighted by molar-refractivity contribution is -0.150. The molecule has 0 aliphatic rings. The van der Waals surface area contributed by atoms with Gasteiger partial charge in [0.15, 0.2) is 0 Å². The molecule has 0 aromatic carbocycles. The van der Waals surface area contributed by atoms with Gasteiger partial charge in [-0.25, -0.2) is 0 Å². The van der Waals surface area contributed by atoms with Gasteiger partial charge in [0.05, 0.1) is 0 Å². The topological polar surface area (TPSA) is 82.1 Å².